The predicted octanol–water partition coefficient (Wildman–Crippen LogP) is 7.76. The fraction of sp³-hybridized carbons (Fsp3) is 0.364. The minimum atomic E-state index is -3.05. The number of rotatable bonds is 8. The Morgan fingerprint density at radius 2 is 1.82 bits per heavy atom. The number of amides is 1. The zero-order valence-electron chi connectivity index (χ0n) is 25.9. The molecule has 3 aromatic carbocycles. The number of aromatic nitrogens is 2. The Morgan fingerprint density at radius 1 is 1.04 bits per heavy atom. The molecule has 5 rings (SSSR count). The van der Waals surface area contributed by atoms with Crippen molar-refractivity contribution in [3.8, 4) is 28.4 Å². The number of alkyl halides is 2. The van der Waals surface area contributed by atoms with Gasteiger partial charge >= 0.3 is 6.09 Å². The third-order valence-corrected chi connectivity index (χ3v) is 7.65. The number of likely N-dealkylation sites (tertiary alicyclic amines) is 1. The first kappa shape index (κ1) is 32.0. The molecule has 238 valence electrons. The number of halogens is 3. The summed E-state index contributed by atoms with van der Waals surface area (Å²) in [6.07, 6.45) is 0.342. The van der Waals surface area contributed by atoms with Gasteiger partial charge < -0.3 is 23.8 Å². The Morgan fingerprint density at radius 3 is 2.53 bits per heavy atom. The molecule has 12 heteroatoms. The van der Waals surface area contributed by atoms with Gasteiger partial charge in [-0.2, -0.15) is 10.2 Å². The number of carbonyl (C=O) groups is 1. The van der Waals surface area contributed by atoms with E-state index in [-0.39, 0.29) is 6.61 Å². The lowest BCUT2D eigenvalue weighted by Gasteiger charge is -2.28. The van der Waals surface area contributed by atoms with Crippen LogP contribution in [0, 0.1) is 0 Å². The first-order chi connectivity index (χ1) is 21.3. The minimum absolute atomic E-state index is 0.157. The molecule has 0 radical (unpaired) electrons. The maximum absolute atomic E-state index is 14.4. The fourth-order valence-electron chi connectivity index (χ4n) is 5.29. The average Bonchev–Trinajstić information content (AvgIpc) is 3.32. The van der Waals surface area contributed by atoms with Crippen molar-refractivity contribution < 1.29 is 32.5 Å². The number of nitrogens with zero attached hydrogens (tertiary/aromatic N) is 4. The van der Waals surface area contributed by atoms with Gasteiger partial charge in [-0.3, -0.25) is 4.90 Å². The maximum atomic E-state index is 14.4. The van der Waals surface area contributed by atoms with Crippen LogP contribution in [-0.2, 0) is 4.74 Å². The van der Waals surface area contributed by atoms with E-state index in [0.29, 0.717) is 33.4 Å². The molecule has 0 unspecified atom stereocenters. The van der Waals surface area contributed by atoms with Gasteiger partial charge in [0.1, 0.15) is 29.5 Å². The topological polar surface area (TPSA) is 86.3 Å². The summed E-state index contributed by atoms with van der Waals surface area (Å²) in [7, 11) is 5.10. The molecule has 1 aromatic heterocycles. The van der Waals surface area contributed by atoms with E-state index >= 15 is 0 Å². The number of hydrogen-bond donors (Lipinski definition) is 0. The molecule has 0 bridgehead atoms. The highest BCUT2D eigenvalue weighted by atomic mass is 35.5. The van der Waals surface area contributed by atoms with Gasteiger partial charge in [-0.25, -0.2) is 13.6 Å². The van der Waals surface area contributed by atoms with E-state index in [4.69, 9.17) is 30.5 Å². The lowest BCUT2D eigenvalue weighted by Crippen LogP contribution is -2.42. The van der Waals surface area contributed by atoms with Gasteiger partial charge in [0.25, 0.3) is 5.92 Å². The van der Waals surface area contributed by atoms with Crippen molar-refractivity contribution in [2.75, 3.05) is 39.3 Å². The van der Waals surface area contributed by atoms with Crippen LogP contribution in [0.5, 0.6) is 17.2 Å². The molecular weight excluding hydrogens is 606 g/mol. The van der Waals surface area contributed by atoms with E-state index in [1.807, 2.05) is 42.3 Å². The van der Waals surface area contributed by atoms with E-state index < -0.39 is 36.6 Å². The second-order valence-electron chi connectivity index (χ2n) is 11.8. The van der Waals surface area contributed by atoms with Crippen LogP contribution in [0.1, 0.15) is 27.2 Å². The van der Waals surface area contributed by atoms with Crippen LogP contribution in [0.3, 0.4) is 0 Å². The molecule has 0 N–H and O–H groups in total. The van der Waals surface area contributed by atoms with Gasteiger partial charge in [0, 0.05) is 35.5 Å². The van der Waals surface area contributed by atoms with Crippen LogP contribution < -0.4 is 19.1 Å². The Kier molecular flexibility index (Phi) is 8.93. The molecule has 1 atom stereocenters. The molecule has 4 aromatic rings. The molecule has 45 heavy (non-hydrogen) atoms. The number of ether oxygens (including phenoxy) is 4. The van der Waals surface area contributed by atoms with Crippen molar-refractivity contribution in [3.05, 3.63) is 65.8 Å². The molecule has 1 fully saturated rings. The van der Waals surface area contributed by atoms with Crippen molar-refractivity contribution in [2.45, 2.75) is 44.8 Å². The Balaban J connectivity index is 1.43. The smallest absolute Gasteiger partial charge is 0.410 e. The number of benzene rings is 3. The zero-order chi connectivity index (χ0) is 32.5. The molecule has 1 amide bonds. The van der Waals surface area contributed by atoms with Gasteiger partial charge in [-0.15, -0.1) is 0 Å². The predicted molar refractivity (Wildman–Crippen MR) is 169 cm³/mol. The zero-order valence-corrected chi connectivity index (χ0v) is 26.7. The number of methoxy groups -OCH3 is 2. The number of hydrogen-bond acceptors (Lipinski definition) is 8. The lowest BCUT2D eigenvalue weighted by molar-refractivity contribution is -0.00274. The number of carbonyl (C=O) groups excluding carboxylic acids is 1. The van der Waals surface area contributed by atoms with Gasteiger partial charge in [0.05, 0.1) is 49.9 Å². The highest BCUT2D eigenvalue weighted by molar-refractivity contribution is 6.31. The van der Waals surface area contributed by atoms with Crippen molar-refractivity contribution in [1.29, 1.82) is 0 Å². The molecule has 1 aliphatic heterocycles. The molecule has 0 aliphatic carbocycles. The van der Waals surface area contributed by atoms with Crippen molar-refractivity contribution in [3.63, 3.8) is 0 Å². The molecule has 2 heterocycles. The second kappa shape index (κ2) is 12.5. The van der Waals surface area contributed by atoms with Crippen LogP contribution in [0.2, 0.25) is 5.02 Å². The van der Waals surface area contributed by atoms with E-state index in [1.165, 1.54) is 0 Å². The highest BCUT2D eigenvalue weighted by Crippen LogP contribution is 2.40. The normalized spacial score (nSPS) is 16.0. The summed E-state index contributed by atoms with van der Waals surface area (Å²) in [4.78, 5) is 15.7. The molecule has 1 aliphatic rings. The van der Waals surface area contributed by atoms with Gasteiger partial charge in [0.15, 0.2) is 0 Å². The van der Waals surface area contributed by atoms with E-state index in [9.17, 15) is 13.6 Å². The van der Waals surface area contributed by atoms with E-state index in [2.05, 4.69) is 10.2 Å². The van der Waals surface area contributed by atoms with Crippen LogP contribution in [0.4, 0.5) is 25.0 Å². The van der Waals surface area contributed by atoms with Gasteiger partial charge in [-0.05, 0) is 68.8 Å². The molecule has 0 saturated carbocycles. The van der Waals surface area contributed by atoms with Crippen molar-refractivity contribution in [2.24, 2.45) is 0 Å². The Hall–Kier alpha value is -4.38. The second-order valence-corrected chi connectivity index (χ2v) is 12.3. The van der Waals surface area contributed by atoms with Crippen LogP contribution in [0.15, 0.2) is 60.8 Å². The third-order valence-electron chi connectivity index (χ3n) is 7.42. The number of fused-ring (bicyclic) bond motifs is 1. The Labute approximate surface area is 265 Å². The fourth-order valence-corrected chi connectivity index (χ4v) is 5.47. The average molecular weight is 641 g/mol. The highest BCUT2D eigenvalue weighted by Gasteiger charge is 2.48. The summed E-state index contributed by atoms with van der Waals surface area (Å²) >= 11 is 6.38. The van der Waals surface area contributed by atoms with Crippen molar-refractivity contribution >= 4 is 40.0 Å². The molecular formula is C33H35ClF2N4O5. The standard InChI is InChI=1S/C33H35ClF2N4O5/c1-32(2,3)45-31(41)40-19-33(35,36)16-22(40)18-44-29-12-8-21(34)14-25(29)20-7-10-24-26(13-20)38-37-17-28(24)39(4)27-11-9-23(42-5)15-30(27)43-6/h7-15,17,22H,16,18-19H2,1-6H3/t22-/m0/s1. The third kappa shape index (κ3) is 7.14. The summed E-state index contributed by atoms with van der Waals surface area (Å²) in [5, 5.41) is 9.90. The van der Waals surface area contributed by atoms with E-state index in [0.717, 1.165) is 27.2 Å². The SMILES string of the molecule is COc1ccc(N(C)c2cnnc3cc(-c4cc(Cl)ccc4OC[C@@H]4CC(F)(F)CN4C(=O)OC(C)(C)C)ccc23)c(OC)c1. The van der Waals surface area contributed by atoms with Crippen molar-refractivity contribution in [1.82, 2.24) is 15.1 Å². The first-order valence-electron chi connectivity index (χ1n) is 14.3. The summed E-state index contributed by atoms with van der Waals surface area (Å²) in [6.45, 7) is 4.18. The summed E-state index contributed by atoms with van der Waals surface area (Å²) in [6, 6.07) is 15.4. The summed E-state index contributed by atoms with van der Waals surface area (Å²) < 4.78 is 51.3. The van der Waals surface area contributed by atoms with E-state index in [1.54, 1.807) is 65.5 Å². The van der Waals surface area contributed by atoms with Crippen LogP contribution in [0.25, 0.3) is 22.0 Å². The first-order valence-corrected chi connectivity index (χ1v) is 14.7. The summed E-state index contributed by atoms with van der Waals surface area (Å²) in [5.41, 5.74) is 2.76. The monoisotopic (exact) mass is 640 g/mol. The van der Waals surface area contributed by atoms with Gasteiger partial charge in [-0.1, -0.05) is 17.7 Å². The van der Waals surface area contributed by atoms with Crippen LogP contribution in [-0.4, -0.2) is 73.2 Å². The molecule has 1 saturated heterocycles. The maximum Gasteiger partial charge on any atom is 0.410 e. The van der Waals surface area contributed by atoms with Gasteiger partial charge in [0.2, 0.25) is 0 Å². The largest absolute Gasteiger partial charge is 0.497 e. The summed E-state index contributed by atoms with van der Waals surface area (Å²) in [5.74, 6) is -1.33. The molecule has 9 nitrogen and oxygen atoms in total. The Bertz CT molecular complexity index is 1710. The molecule has 0 spiro atoms. The quantitative estimate of drug-likeness (QED) is 0.193. The minimum Gasteiger partial charge on any atom is -0.497 e. The lowest BCUT2D eigenvalue weighted by atomic mass is 10.0. The van der Waals surface area contributed by atoms with Crippen LogP contribution >= 0.6 is 11.6 Å². The number of anilines is 2.